The van der Waals surface area contributed by atoms with Crippen molar-refractivity contribution >= 4 is 5.97 Å². The largest absolute Gasteiger partial charge is 0.459 e. The van der Waals surface area contributed by atoms with E-state index in [-0.39, 0.29) is 12.1 Å². The first-order valence-electron chi connectivity index (χ1n) is 11.6. The summed E-state index contributed by atoms with van der Waals surface area (Å²) >= 11 is 0. The predicted molar refractivity (Wildman–Crippen MR) is 115 cm³/mol. The average molecular weight is 367 g/mol. The SMILES string of the molecule is C=CC(=O)OC(CCCCC)CCCCCCCCCCCCCCC. The summed E-state index contributed by atoms with van der Waals surface area (Å²) in [7, 11) is 0. The molecule has 2 nitrogen and oxygen atoms in total. The van der Waals surface area contributed by atoms with Gasteiger partial charge >= 0.3 is 5.97 Å². The highest BCUT2D eigenvalue weighted by Gasteiger charge is 2.12. The van der Waals surface area contributed by atoms with Crippen molar-refractivity contribution in [3.05, 3.63) is 12.7 Å². The molecule has 0 bridgehead atoms. The second-order valence-corrected chi connectivity index (χ2v) is 7.79. The van der Waals surface area contributed by atoms with E-state index in [0.717, 1.165) is 19.3 Å². The molecule has 0 spiro atoms. The number of unbranched alkanes of at least 4 members (excludes halogenated alkanes) is 14. The van der Waals surface area contributed by atoms with Crippen LogP contribution in [0.5, 0.6) is 0 Å². The molecule has 0 aromatic rings. The Kier molecular flexibility index (Phi) is 19.9. The van der Waals surface area contributed by atoms with E-state index >= 15 is 0 Å². The highest BCUT2D eigenvalue weighted by molar-refractivity contribution is 5.81. The Hall–Kier alpha value is -0.790. The van der Waals surface area contributed by atoms with Gasteiger partial charge in [0.15, 0.2) is 0 Å². The van der Waals surface area contributed by atoms with Crippen molar-refractivity contribution in [2.24, 2.45) is 0 Å². The molecule has 0 aliphatic heterocycles. The van der Waals surface area contributed by atoms with Gasteiger partial charge in [-0.15, -0.1) is 0 Å². The Bertz CT molecular complexity index is 311. The number of carbonyl (C=O) groups excluding carboxylic acids is 1. The molecule has 0 saturated heterocycles. The Labute approximate surface area is 164 Å². The van der Waals surface area contributed by atoms with Gasteiger partial charge in [-0.05, 0) is 25.7 Å². The van der Waals surface area contributed by atoms with Crippen molar-refractivity contribution in [2.45, 2.75) is 136 Å². The summed E-state index contributed by atoms with van der Waals surface area (Å²) < 4.78 is 5.50. The highest BCUT2D eigenvalue weighted by atomic mass is 16.5. The summed E-state index contributed by atoms with van der Waals surface area (Å²) in [5.74, 6) is -0.263. The second-order valence-electron chi connectivity index (χ2n) is 7.79. The molecule has 0 N–H and O–H groups in total. The first-order chi connectivity index (χ1) is 12.7. The first-order valence-corrected chi connectivity index (χ1v) is 11.6. The zero-order chi connectivity index (χ0) is 19.3. The van der Waals surface area contributed by atoms with Crippen LogP contribution in [-0.4, -0.2) is 12.1 Å². The van der Waals surface area contributed by atoms with Gasteiger partial charge < -0.3 is 4.74 Å². The lowest BCUT2D eigenvalue weighted by Gasteiger charge is -2.17. The molecule has 0 aromatic carbocycles. The van der Waals surface area contributed by atoms with Crippen molar-refractivity contribution in [1.29, 1.82) is 0 Å². The molecule has 0 radical (unpaired) electrons. The van der Waals surface area contributed by atoms with E-state index in [1.807, 2.05) is 0 Å². The van der Waals surface area contributed by atoms with Crippen LogP contribution in [0.15, 0.2) is 12.7 Å². The third-order valence-electron chi connectivity index (χ3n) is 5.21. The number of rotatable bonds is 20. The molecule has 2 heteroatoms. The lowest BCUT2D eigenvalue weighted by atomic mass is 10.0. The molecule has 1 unspecified atom stereocenters. The van der Waals surface area contributed by atoms with Gasteiger partial charge in [0, 0.05) is 6.08 Å². The van der Waals surface area contributed by atoms with Crippen LogP contribution in [0.1, 0.15) is 129 Å². The van der Waals surface area contributed by atoms with Gasteiger partial charge in [0.2, 0.25) is 0 Å². The van der Waals surface area contributed by atoms with E-state index in [2.05, 4.69) is 20.4 Å². The molecular weight excluding hydrogens is 320 g/mol. The van der Waals surface area contributed by atoms with Crippen LogP contribution < -0.4 is 0 Å². The third-order valence-corrected chi connectivity index (χ3v) is 5.21. The van der Waals surface area contributed by atoms with Crippen molar-refractivity contribution in [1.82, 2.24) is 0 Å². The molecule has 26 heavy (non-hydrogen) atoms. The van der Waals surface area contributed by atoms with Gasteiger partial charge in [0.05, 0.1) is 0 Å². The van der Waals surface area contributed by atoms with E-state index < -0.39 is 0 Å². The third kappa shape index (κ3) is 18.0. The zero-order valence-corrected chi connectivity index (χ0v) is 17.9. The highest BCUT2D eigenvalue weighted by Crippen LogP contribution is 2.17. The van der Waals surface area contributed by atoms with E-state index in [9.17, 15) is 4.79 Å². The molecular formula is C24H46O2. The number of hydrogen-bond donors (Lipinski definition) is 0. The maximum atomic E-state index is 11.4. The summed E-state index contributed by atoms with van der Waals surface area (Å²) in [4.78, 5) is 11.4. The van der Waals surface area contributed by atoms with Crippen molar-refractivity contribution in [3.63, 3.8) is 0 Å². The molecule has 0 rings (SSSR count). The van der Waals surface area contributed by atoms with Gasteiger partial charge in [-0.1, -0.05) is 110 Å². The minimum absolute atomic E-state index is 0.0970. The predicted octanol–water partition coefficient (Wildman–Crippen LogP) is 8.15. The summed E-state index contributed by atoms with van der Waals surface area (Å²) in [6.07, 6.45) is 24.8. The Morgan fingerprint density at radius 1 is 0.692 bits per heavy atom. The zero-order valence-electron chi connectivity index (χ0n) is 17.9. The number of carbonyl (C=O) groups is 1. The molecule has 0 aliphatic rings. The van der Waals surface area contributed by atoms with E-state index in [1.165, 1.54) is 102 Å². The fourth-order valence-electron chi connectivity index (χ4n) is 3.49. The number of ether oxygens (including phenoxy) is 1. The average Bonchev–Trinajstić information content (AvgIpc) is 2.65. The Morgan fingerprint density at radius 3 is 1.46 bits per heavy atom. The second kappa shape index (κ2) is 20.5. The van der Waals surface area contributed by atoms with Gasteiger partial charge in [0.25, 0.3) is 0 Å². The standard InChI is InChI=1S/C24H46O2/c1-4-7-9-10-11-12-13-14-15-16-17-18-20-22-23(21-19-8-5-2)26-24(25)6-3/h6,23H,3-5,7-22H2,1-2H3. The minimum atomic E-state index is -0.263. The smallest absolute Gasteiger partial charge is 0.330 e. The van der Waals surface area contributed by atoms with Gasteiger partial charge in [-0.25, -0.2) is 4.79 Å². The monoisotopic (exact) mass is 366 g/mol. The lowest BCUT2D eigenvalue weighted by Crippen LogP contribution is -2.16. The normalized spacial score (nSPS) is 12.1. The van der Waals surface area contributed by atoms with Crippen LogP contribution in [0.2, 0.25) is 0 Å². The maximum absolute atomic E-state index is 11.4. The van der Waals surface area contributed by atoms with Gasteiger partial charge in [-0.2, -0.15) is 0 Å². The topological polar surface area (TPSA) is 26.3 Å². The van der Waals surface area contributed by atoms with Crippen molar-refractivity contribution < 1.29 is 9.53 Å². The van der Waals surface area contributed by atoms with Crippen molar-refractivity contribution in [3.8, 4) is 0 Å². The molecule has 0 heterocycles. The van der Waals surface area contributed by atoms with Crippen LogP contribution in [-0.2, 0) is 9.53 Å². The molecule has 0 aliphatic carbocycles. The fourth-order valence-corrected chi connectivity index (χ4v) is 3.49. The quantitative estimate of drug-likeness (QED) is 0.123. The summed E-state index contributed by atoms with van der Waals surface area (Å²) in [5.41, 5.74) is 0. The van der Waals surface area contributed by atoms with E-state index in [1.54, 1.807) is 0 Å². The minimum Gasteiger partial charge on any atom is -0.459 e. The molecule has 0 aromatic heterocycles. The van der Waals surface area contributed by atoms with E-state index in [0.29, 0.717) is 0 Å². The maximum Gasteiger partial charge on any atom is 0.330 e. The van der Waals surface area contributed by atoms with Gasteiger partial charge in [0.1, 0.15) is 6.10 Å². The van der Waals surface area contributed by atoms with Crippen LogP contribution >= 0.6 is 0 Å². The molecule has 154 valence electrons. The van der Waals surface area contributed by atoms with E-state index in [4.69, 9.17) is 4.74 Å². The summed E-state index contributed by atoms with van der Waals surface area (Å²) in [5, 5.41) is 0. The molecule has 0 fully saturated rings. The van der Waals surface area contributed by atoms with Crippen molar-refractivity contribution in [2.75, 3.05) is 0 Å². The molecule has 1 atom stereocenters. The fraction of sp³-hybridized carbons (Fsp3) is 0.875. The summed E-state index contributed by atoms with van der Waals surface area (Å²) in [6, 6.07) is 0. The summed E-state index contributed by atoms with van der Waals surface area (Å²) in [6.45, 7) is 7.99. The molecule has 0 saturated carbocycles. The Morgan fingerprint density at radius 2 is 1.04 bits per heavy atom. The van der Waals surface area contributed by atoms with Gasteiger partial charge in [-0.3, -0.25) is 0 Å². The van der Waals surface area contributed by atoms with Crippen LogP contribution in [0.25, 0.3) is 0 Å². The Balaban J connectivity index is 3.50. The first kappa shape index (κ1) is 25.2. The number of esters is 1. The van der Waals surface area contributed by atoms with Crippen LogP contribution in [0.3, 0.4) is 0 Å². The van der Waals surface area contributed by atoms with Crippen LogP contribution in [0.4, 0.5) is 0 Å². The number of hydrogen-bond acceptors (Lipinski definition) is 2. The molecule has 0 amide bonds. The lowest BCUT2D eigenvalue weighted by molar-refractivity contribution is -0.143. The van der Waals surface area contributed by atoms with Crippen LogP contribution in [0, 0.1) is 0 Å².